The SMILES string of the molecule is CCC1=CC(CC)(S(=O)(=O)C(=[N+]=[N-])S(=O)(=O)C2CCCCC2)CC(CC)=C1. The highest BCUT2D eigenvalue weighted by atomic mass is 32.3. The van der Waals surface area contributed by atoms with Gasteiger partial charge in [0.25, 0.3) is 19.7 Å². The first-order valence-corrected chi connectivity index (χ1v) is 12.8. The van der Waals surface area contributed by atoms with Gasteiger partial charge >= 0.3 is 4.38 Å². The van der Waals surface area contributed by atoms with Gasteiger partial charge in [-0.15, -0.1) is 4.79 Å². The van der Waals surface area contributed by atoms with E-state index in [1.165, 1.54) is 0 Å². The lowest BCUT2D eigenvalue weighted by Crippen LogP contribution is -2.47. The van der Waals surface area contributed by atoms with Gasteiger partial charge in [-0.1, -0.05) is 63.3 Å². The van der Waals surface area contributed by atoms with E-state index in [1.54, 1.807) is 13.0 Å². The molecule has 6 nitrogen and oxygen atoms in total. The Hall–Kier alpha value is -1.24. The van der Waals surface area contributed by atoms with E-state index < -0.39 is 34.0 Å². The smallest absolute Gasteiger partial charge is 0.359 e. The largest absolute Gasteiger partial charge is 0.496 e. The second kappa shape index (κ2) is 8.41. The summed E-state index contributed by atoms with van der Waals surface area (Å²) >= 11 is 0. The summed E-state index contributed by atoms with van der Waals surface area (Å²) in [7, 11) is -8.60. The predicted molar refractivity (Wildman–Crippen MR) is 108 cm³/mol. The van der Waals surface area contributed by atoms with E-state index in [2.05, 4.69) is 4.79 Å². The molecule has 8 heteroatoms. The fourth-order valence-electron chi connectivity index (χ4n) is 4.10. The molecule has 2 aliphatic rings. The van der Waals surface area contributed by atoms with Crippen molar-refractivity contribution in [3.8, 4) is 0 Å². The standard InChI is InChI=1S/C19H30N2O4S2/c1-4-15-12-16(5-2)14-19(6-3,13-15)27(24,25)18(21-20)26(22,23)17-10-8-7-9-11-17/h12-13,17H,4-11,14H2,1-3H3. The topological polar surface area (TPSA) is 105 Å². The van der Waals surface area contributed by atoms with E-state index in [9.17, 15) is 22.4 Å². The maximum atomic E-state index is 13.5. The van der Waals surface area contributed by atoms with E-state index in [0.717, 1.165) is 30.4 Å². The van der Waals surface area contributed by atoms with E-state index in [-0.39, 0.29) is 12.8 Å². The maximum absolute atomic E-state index is 13.5. The van der Waals surface area contributed by atoms with Gasteiger partial charge in [-0.05, 0) is 38.5 Å². The Morgan fingerprint density at radius 2 is 1.74 bits per heavy atom. The fourth-order valence-corrected chi connectivity index (χ4v) is 9.10. The van der Waals surface area contributed by atoms with Crippen molar-refractivity contribution in [2.75, 3.05) is 0 Å². The van der Waals surface area contributed by atoms with Crippen LogP contribution in [0.4, 0.5) is 0 Å². The Balaban J connectivity index is 2.58. The summed E-state index contributed by atoms with van der Waals surface area (Å²) in [5.74, 6) is 0. The average Bonchev–Trinajstić information content (AvgIpc) is 2.67. The van der Waals surface area contributed by atoms with Gasteiger partial charge in [-0.2, -0.15) is 0 Å². The third kappa shape index (κ3) is 3.98. The van der Waals surface area contributed by atoms with Gasteiger partial charge in [0.15, 0.2) is 0 Å². The molecule has 0 saturated heterocycles. The fraction of sp³-hybridized carbons (Fsp3) is 0.737. The van der Waals surface area contributed by atoms with Gasteiger partial charge in [0, 0.05) is 0 Å². The van der Waals surface area contributed by atoms with Crippen molar-refractivity contribution in [2.24, 2.45) is 0 Å². The molecule has 0 bridgehead atoms. The molecule has 0 aromatic carbocycles. The monoisotopic (exact) mass is 414 g/mol. The quantitative estimate of drug-likeness (QED) is 0.294. The van der Waals surface area contributed by atoms with Crippen LogP contribution in [0, 0.1) is 0 Å². The molecule has 0 amide bonds. The molecule has 1 unspecified atom stereocenters. The van der Waals surface area contributed by atoms with Crippen molar-refractivity contribution < 1.29 is 21.6 Å². The number of sulfone groups is 2. The molecule has 0 N–H and O–H groups in total. The van der Waals surface area contributed by atoms with Gasteiger partial charge < -0.3 is 5.53 Å². The lowest BCUT2D eigenvalue weighted by atomic mass is 9.86. The first-order valence-electron chi connectivity index (χ1n) is 9.80. The first-order chi connectivity index (χ1) is 12.7. The third-order valence-electron chi connectivity index (χ3n) is 5.91. The Bertz CT molecular complexity index is 888. The normalized spacial score (nSPS) is 24.7. The summed E-state index contributed by atoms with van der Waals surface area (Å²) in [5, 5.41) is -0.791. The second-order valence-corrected chi connectivity index (χ2v) is 12.1. The maximum Gasteiger partial charge on any atom is 0.496 e. The summed E-state index contributed by atoms with van der Waals surface area (Å²) < 4.78 is 50.8. The Kier molecular flexibility index (Phi) is 6.87. The number of rotatable bonds is 5. The molecule has 0 aromatic heterocycles. The molecule has 2 aliphatic carbocycles. The molecule has 152 valence electrons. The Morgan fingerprint density at radius 3 is 2.22 bits per heavy atom. The summed E-state index contributed by atoms with van der Waals surface area (Å²) in [6, 6.07) is 0. The minimum absolute atomic E-state index is 0.218. The molecular formula is C19H30N2O4S2. The van der Waals surface area contributed by atoms with Crippen molar-refractivity contribution in [3.63, 3.8) is 0 Å². The van der Waals surface area contributed by atoms with Crippen LogP contribution in [0.15, 0.2) is 23.3 Å². The van der Waals surface area contributed by atoms with Crippen LogP contribution >= 0.6 is 0 Å². The van der Waals surface area contributed by atoms with Crippen LogP contribution in [0.2, 0.25) is 0 Å². The summed E-state index contributed by atoms with van der Waals surface area (Å²) in [4.78, 5) is 2.87. The van der Waals surface area contributed by atoms with Crippen molar-refractivity contribution in [3.05, 3.63) is 28.8 Å². The van der Waals surface area contributed by atoms with E-state index in [1.807, 2.05) is 19.9 Å². The van der Waals surface area contributed by atoms with Crippen LogP contribution in [-0.4, -0.2) is 36.0 Å². The zero-order chi connectivity index (χ0) is 20.3. The van der Waals surface area contributed by atoms with Crippen molar-refractivity contribution >= 4 is 24.1 Å². The van der Waals surface area contributed by atoms with Gasteiger partial charge in [0.1, 0.15) is 4.75 Å². The second-order valence-electron chi connectivity index (χ2n) is 7.50. The van der Waals surface area contributed by atoms with Crippen LogP contribution in [0.25, 0.3) is 5.53 Å². The number of allylic oxidation sites excluding steroid dienone is 3. The highest BCUT2D eigenvalue weighted by molar-refractivity contribution is 8.31. The molecule has 0 aromatic rings. The predicted octanol–water partition coefficient (Wildman–Crippen LogP) is 3.96. The lowest BCUT2D eigenvalue weighted by Gasteiger charge is -2.32. The minimum Gasteiger partial charge on any atom is -0.359 e. The van der Waals surface area contributed by atoms with Crippen LogP contribution in [0.5, 0.6) is 0 Å². The van der Waals surface area contributed by atoms with Crippen molar-refractivity contribution in [1.29, 1.82) is 0 Å². The molecule has 1 fully saturated rings. The van der Waals surface area contributed by atoms with E-state index in [4.69, 9.17) is 0 Å². The Labute approximate surface area is 163 Å². The van der Waals surface area contributed by atoms with E-state index >= 15 is 0 Å². The molecule has 0 aliphatic heterocycles. The molecule has 0 spiro atoms. The van der Waals surface area contributed by atoms with Crippen LogP contribution in [0.3, 0.4) is 0 Å². The van der Waals surface area contributed by atoms with Gasteiger partial charge in [0.05, 0.1) is 5.25 Å². The number of hydrogen-bond donors (Lipinski definition) is 0. The lowest BCUT2D eigenvalue weighted by molar-refractivity contribution is 0.00354. The van der Waals surface area contributed by atoms with Crippen molar-refractivity contribution in [1.82, 2.24) is 0 Å². The zero-order valence-electron chi connectivity index (χ0n) is 16.4. The minimum atomic E-state index is -4.38. The molecule has 0 heterocycles. The number of nitrogens with zero attached hydrogens (tertiary/aromatic N) is 2. The van der Waals surface area contributed by atoms with Crippen LogP contribution in [-0.2, 0) is 19.7 Å². The van der Waals surface area contributed by atoms with Crippen molar-refractivity contribution in [2.45, 2.75) is 88.6 Å². The van der Waals surface area contributed by atoms with Crippen LogP contribution in [0.1, 0.15) is 78.6 Å². The summed E-state index contributed by atoms with van der Waals surface area (Å²) in [6.07, 6.45) is 8.69. The molecule has 1 saturated carbocycles. The highest BCUT2D eigenvalue weighted by Gasteiger charge is 2.56. The molecule has 0 radical (unpaired) electrons. The zero-order valence-corrected chi connectivity index (χ0v) is 18.1. The highest BCUT2D eigenvalue weighted by Crippen LogP contribution is 2.40. The van der Waals surface area contributed by atoms with E-state index in [0.29, 0.717) is 25.7 Å². The summed E-state index contributed by atoms with van der Waals surface area (Å²) in [5.41, 5.74) is 11.3. The molecule has 1 atom stereocenters. The molecular weight excluding hydrogens is 384 g/mol. The Morgan fingerprint density at radius 1 is 1.11 bits per heavy atom. The summed E-state index contributed by atoms with van der Waals surface area (Å²) in [6.45, 7) is 5.63. The van der Waals surface area contributed by atoms with Gasteiger partial charge in [0.2, 0.25) is 0 Å². The average molecular weight is 415 g/mol. The number of hydrogen-bond acceptors (Lipinski definition) is 4. The molecule has 27 heavy (non-hydrogen) atoms. The van der Waals surface area contributed by atoms with Crippen LogP contribution < -0.4 is 0 Å². The van der Waals surface area contributed by atoms with Gasteiger partial charge in [-0.3, -0.25) is 0 Å². The molecule has 2 rings (SSSR count). The van der Waals surface area contributed by atoms with Gasteiger partial charge in [-0.25, -0.2) is 16.8 Å². The first kappa shape index (κ1) is 22.1. The third-order valence-corrected chi connectivity index (χ3v) is 11.3.